The molecule has 0 saturated heterocycles. The van der Waals surface area contributed by atoms with E-state index in [-0.39, 0.29) is 11.4 Å². The molecule has 0 N–H and O–H groups in total. The summed E-state index contributed by atoms with van der Waals surface area (Å²) in [6.07, 6.45) is 5.24. The quantitative estimate of drug-likeness (QED) is 0.337. The monoisotopic (exact) mass is 485 g/mol. The standard InChI is InChI=1S/C27H20FN3O3S/c1-33-23-15-20(9-13-22(23)34-17-19-5-3-2-4-6-19)16-24-26(32)31-27(35-24)29-25(30-31)14-10-18-7-11-21(28)12-8-18/h2-16H,17H2,1H3/b14-10+,24-16+. The molecule has 0 aliphatic carbocycles. The molecule has 5 rings (SSSR count). The van der Waals surface area contributed by atoms with E-state index in [1.54, 1.807) is 37.5 Å². The van der Waals surface area contributed by atoms with Crippen molar-refractivity contribution in [3.63, 3.8) is 0 Å². The van der Waals surface area contributed by atoms with Gasteiger partial charge in [-0.3, -0.25) is 4.79 Å². The maximum absolute atomic E-state index is 13.0. The smallest absolute Gasteiger partial charge is 0.291 e. The van der Waals surface area contributed by atoms with Gasteiger partial charge in [0, 0.05) is 0 Å². The van der Waals surface area contributed by atoms with Crippen LogP contribution in [0.3, 0.4) is 0 Å². The number of aromatic nitrogens is 3. The molecule has 0 radical (unpaired) electrons. The Morgan fingerprint density at radius 1 is 0.971 bits per heavy atom. The van der Waals surface area contributed by atoms with Gasteiger partial charge in [0.1, 0.15) is 12.4 Å². The Labute approximate surface area is 204 Å². The molecule has 2 heterocycles. The Kier molecular flexibility index (Phi) is 6.36. The lowest BCUT2D eigenvalue weighted by Gasteiger charge is -2.11. The van der Waals surface area contributed by atoms with Crippen LogP contribution in [-0.4, -0.2) is 21.7 Å². The minimum absolute atomic E-state index is 0.248. The topological polar surface area (TPSA) is 65.7 Å². The molecule has 0 atom stereocenters. The molecule has 0 unspecified atom stereocenters. The van der Waals surface area contributed by atoms with Gasteiger partial charge in [-0.2, -0.15) is 9.50 Å². The summed E-state index contributed by atoms with van der Waals surface area (Å²) in [4.78, 5) is 17.8. The van der Waals surface area contributed by atoms with E-state index in [0.29, 0.717) is 33.4 Å². The Morgan fingerprint density at radius 2 is 1.74 bits per heavy atom. The summed E-state index contributed by atoms with van der Waals surface area (Å²) in [5.74, 6) is 1.31. The molecule has 3 aromatic carbocycles. The highest BCUT2D eigenvalue weighted by Gasteiger charge is 2.10. The zero-order chi connectivity index (χ0) is 24.2. The van der Waals surface area contributed by atoms with E-state index in [2.05, 4.69) is 10.1 Å². The van der Waals surface area contributed by atoms with Gasteiger partial charge in [-0.15, -0.1) is 5.10 Å². The molecule has 0 bridgehead atoms. The number of thiazole rings is 1. The second-order valence-electron chi connectivity index (χ2n) is 7.65. The van der Waals surface area contributed by atoms with Gasteiger partial charge in [-0.1, -0.05) is 65.9 Å². The number of halogens is 1. The summed E-state index contributed by atoms with van der Waals surface area (Å²) < 4.78 is 26.2. The van der Waals surface area contributed by atoms with E-state index < -0.39 is 0 Å². The van der Waals surface area contributed by atoms with E-state index in [0.717, 1.165) is 16.7 Å². The summed E-state index contributed by atoms with van der Waals surface area (Å²) in [7, 11) is 1.58. The van der Waals surface area contributed by atoms with Gasteiger partial charge in [0.05, 0.1) is 11.6 Å². The average Bonchev–Trinajstić information content (AvgIpc) is 3.41. The first-order valence-corrected chi connectivity index (χ1v) is 11.6. The lowest BCUT2D eigenvalue weighted by Crippen LogP contribution is -2.23. The average molecular weight is 486 g/mol. The fourth-order valence-corrected chi connectivity index (χ4v) is 4.36. The van der Waals surface area contributed by atoms with Gasteiger partial charge < -0.3 is 9.47 Å². The van der Waals surface area contributed by atoms with Crippen LogP contribution >= 0.6 is 11.3 Å². The van der Waals surface area contributed by atoms with Crippen LogP contribution in [0.15, 0.2) is 77.6 Å². The third-order valence-electron chi connectivity index (χ3n) is 5.22. The molecule has 5 aromatic rings. The molecule has 2 aromatic heterocycles. The van der Waals surface area contributed by atoms with Gasteiger partial charge in [0.2, 0.25) is 4.96 Å². The first-order valence-electron chi connectivity index (χ1n) is 10.8. The predicted molar refractivity (Wildman–Crippen MR) is 135 cm³/mol. The molecule has 174 valence electrons. The minimum atomic E-state index is -0.297. The number of fused-ring (bicyclic) bond motifs is 1. The molecule has 0 fully saturated rings. The van der Waals surface area contributed by atoms with Gasteiger partial charge in [0.15, 0.2) is 17.3 Å². The summed E-state index contributed by atoms with van der Waals surface area (Å²) in [5, 5.41) is 4.29. The predicted octanol–water partition coefficient (Wildman–Crippen LogP) is 4.60. The minimum Gasteiger partial charge on any atom is -0.493 e. The van der Waals surface area contributed by atoms with Gasteiger partial charge in [0.25, 0.3) is 5.56 Å². The lowest BCUT2D eigenvalue weighted by molar-refractivity contribution is 0.284. The fourth-order valence-electron chi connectivity index (χ4n) is 3.44. The molecule has 6 nitrogen and oxygen atoms in total. The number of hydrogen-bond acceptors (Lipinski definition) is 6. The molecule has 0 aliphatic heterocycles. The van der Waals surface area contributed by atoms with Crippen LogP contribution in [-0.2, 0) is 6.61 Å². The second kappa shape index (κ2) is 9.90. The Bertz CT molecular complexity index is 1610. The van der Waals surface area contributed by atoms with Crippen LogP contribution in [0.2, 0.25) is 0 Å². The van der Waals surface area contributed by atoms with E-state index >= 15 is 0 Å². The molecule has 0 spiro atoms. The van der Waals surface area contributed by atoms with Crippen molar-refractivity contribution in [1.82, 2.24) is 14.6 Å². The van der Waals surface area contributed by atoms with Crippen molar-refractivity contribution in [2.24, 2.45) is 0 Å². The Balaban J connectivity index is 1.37. The largest absolute Gasteiger partial charge is 0.493 e. The van der Waals surface area contributed by atoms with E-state index in [1.807, 2.05) is 48.5 Å². The summed E-state index contributed by atoms with van der Waals surface area (Å²) in [6.45, 7) is 0.427. The number of hydrogen-bond donors (Lipinski definition) is 0. The molecule has 0 aliphatic rings. The zero-order valence-corrected chi connectivity index (χ0v) is 19.5. The van der Waals surface area contributed by atoms with Crippen molar-refractivity contribution in [1.29, 1.82) is 0 Å². The van der Waals surface area contributed by atoms with Gasteiger partial charge >= 0.3 is 0 Å². The molecule has 35 heavy (non-hydrogen) atoms. The lowest BCUT2D eigenvalue weighted by atomic mass is 10.2. The highest BCUT2D eigenvalue weighted by atomic mass is 32.1. The second-order valence-corrected chi connectivity index (χ2v) is 8.66. The number of ether oxygens (including phenoxy) is 2. The zero-order valence-electron chi connectivity index (χ0n) is 18.7. The van der Waals surface area contributed by atoms with Crippen molar-refractivity contribution in [2.75, 3.05) is 7.11 Å². The molecule has 8 heteroatoms. The maximum atomic E-state index is 13.0. The SMILES string of the molecule is COc1cc(/C=c2/sc3nc(/C=C/c4ccc(F)cc4)nn3c2=O)ccc1OCc1ccccc1. The fraction of sp³-hybridized carbons (Fsp3) is 0.0741. The van der Waals surface area contributed by atoms with Crippen molar-refractivity contribution < 1.29 is 13.9 Å². The van der Waals surface area contributed by atoms with Crippen molar-refractivity contribution >= 4 is 34.5 Å². The van der Waals surface area contributed by atoms with Crippen LogP contribution in [0.1, 0.15) is 22.5 Å². The normalized spacial score (nSPS) is 12.0. The number of rotatable bonds is 7. The maximum Gasteiger partial charge on any atom is 0.291 e. The number of methoxy groups -OCH3 is 1. The number of nitrogens with zero attached hydrogens (tertiary/aromatic N) is 3. The number of benzene rings is 3. The van der Waals surface area contributed by atoms with Crippen LogP contribution in [0, 0.1) is 5.82 Å². The van der Waals surface area contributed by atoms with E-state index in [9.17, 15) is 9.18 Å². The van der Waals surface area contributed by atoms with E-state index in [1.165, 1.54) is 28.0 Å². The Morgan fingerprint density at radius 3 is 2.49 bits per heavy atom. The Hall–Kier alpha value is -4.30. The molecular weight excluding hydrogens is 465 g/mol. The first-order chi connectivity index (χ1) is 17.1. The van der Waals surface area contributed by atoms with Crippen molar-refractivity contribution in [3.05, 3.63) is 116 Å². The van der Waals surface area contributed by atoms with Crippen molar-refractivity contribution in [2.45, 2.75) is 6.61 Å². The van der Waals surface area contributed by atoms with Gasteiger partial charge in [-0.25, -0.2) is 4.39 Å². The van der Waals surface area contributed by atoms with Gasteiger partial charge in [-0.05, 0) is 53.1 Å². The van der Waals surface area contributed by atoms with Crippen LogP contribution < -0.4 is 19.6 Å². The van der Waals surface area contributed by atoms with Crippen molar-refractivity contribution in [3.8, 4) is 11.5 Å². The molecule has 0 amide bonds. The highest BCUT2D eigenvalue weighted by Crippen LogP contribution is 2.29. The molecule has 0 saturated carbocycles. The van der Waals surface area contributed by atoms with Crippen LogP contribution in [0.4, 0.5) is 4.39 Å². The summed E-state index contributed by atoms with van der Waals surface area (Å²) >= 11 is 1.25. The van der Waals surface area contributed by atoms with Crippen LogP contribution in [0.25, 0.3) is 23.2 Å². The summed E-state index contributed by atoms with van der Waals surface area (Å²) in [6, 6.07) is 21.5. The highest BCUT2D eigenvalue weighted by molar-refractivity contribution is 7.15. The van der Waals surface area contributed by atoms with Crippen LogP contribution in [0.5, 0.6) is 11.5 Å². The molecular formula is C27H20FN3O3S. The third kappa shape index (κ3) is 5.12. The third-order valence-corrected chi connectivity index (χ3v) is 6.17. The van der Waals surface area contributed by atoms with E-state index in [4.69, 9.17) is 9.47 Å². The first kappa shape index (κ1) is 22.5. The summed E-state index contributed by atoms with van der Waals surface area (Å²) in [5.41, 5.74) is 2.42.